The van der Waals surface area contributed by atoms with Crippen molar-refractivity contribution in [1.29, 1.82) is 0 Å². The Bertz CT molecular complexity index is 788. The lowest BCUT2D eigenvalue weighted by Gasteiger charge is -2.10. The van der Waals surface area contributed by atoms with Crippen LogP contribution in [0.2, 0.25) is 0 Å². The summed E-state index contributed by atoms with van der Waals surface area (Å²) in [5.41, 5.74) is 7.31. The normalized spacial score (nSPS) is 10.1. The Morgan fingerprint density at radius 3 is 2.23 bits per heavy atom. The van der Waals surface area contributed by atoms with Crippen molar-refractivity contribution in [2.45, 2.75) is 26.7 Å². The highest BCUT2D eigenvalue weighted by Crippen LogP contribution is 2.16. The number of hydrazine groups is 1. The van der Waals surface area contributed by atoms with E-state index in [1.807, 2.05) is 32.0 Å². The number of benzene rings is 2. The molecular formula is C20H22N2O4. The van der Waals surface area contributed by atoms with Crippen LogP contribution in [0.15, 0.2) is 48.5 Å². The number of rotatable bonds is 7. The van der Waals surface area contributed by atoms with Gasteiger partial charge in [-0.25, -0.2) is 0 Å². The largest absolute Gasteiger partial charge is 0.484 e. The number of Topliss-reactive ketones (excluding diaryl/α,β-unsaturated/α-hetero) is 1. The molecule has 0 saturated heterocycles. The number of ketones is 1. The first-order valence-electron chi connectivity index (χ1n) is 8.31. The average molecular weight is 354 g/mol. The minimum absolute atomic E-state index is 0.00792. The van der Waals surface area contributed by atoms with E-state index in [4.69, 9.17) is 4.74 Å². The molecule has 0 aliphatic heterocycles. The van der Waals surface area contributed by atoms with Crippen LogP contribution in [0.4, 0.5) is 0 Å². The van der Waals surface area contributed by atoms with E-state index in [1.165, 1.54) is 0 Å². The van der Waals surface area contributed by atoms with Crippen LogP contribution < -0.4 is 15.6 Å². The second kappa shape index (κ2) is 9.36. The molecule has 6 nitrogen and oxygen atoms in total. The molecule has 0 spiro atoms. The molecule has 0 fully saturated rings. The number of hydrogen-bond donors (Lipinski definition) is 2. The van der Waals surface area contributed by atoms with E-state index in [-0.39, 0.29) is 25.2 Å². The van der Waals surface area contributed by atoms with E-state index >= 15 is 0 Å². The molecule has 6 heteroatoms. The minimum atomic E-state index is -0.481. The molecule has 136 valence electrons. The maximum atomic E-state index is 11.9. The van der Waals surface area contributed by atoms with E-state index in [2.05, 4.69) is 10.9 Å². The molecule has 0 aliphatic rings. The molecule has 0 radical (unpaired) electrons. The van der Waals surface area contributed by atoms with Crippen molar-refractivity contribution < 1.29 is 19.1 Å². The van der Waals surface area contributed by atoms with E-state index < -0.39 is 11.8 Å². The smallest absolute Gasteiger partial charge is 0.276 e. The van der Waals surface area contributed by atoms with Crippen molar-refractivity contribution in [1.82, 2.24) is 10.9 Å². The predicted molar refractivity (Wildman–Crippen MR) is 97.7 cm³/mol. The Balaban J connectivity index is 1.67. The maximum absolute atomic E-state index is 11.9. The molecule has 0 saturated carbocycles. The fourth-order valence-corrected chi connectivity index (χ4v) is 2.19. The number of carbonyl (C=O) groups excluding carboxylic acids is 3. The number of aryl methyl sites for hydroxylation is 2. The summed E-state index contributed by atoms with van der Waals surface area (Å²) in [6.45, 7) is 3.73. The lowest BCUT2D eigenvalue weighted by atomic mass is 10.1. The third kappa shape index (κ3) is 6.05. The van der Waals surface area contributed by atoms with Crippen LogP contribution in [0.5, 0.6) is 5.75 Å². The first-order valence-corrected chi connectivity index (χ1v) is 8.31. The maximum Gasteiger partial charge on any atom is 0.276 e. The highest BCUT2D eigenvalue weighted by molar-refractivity contribution is 5.98. The summed E-state index contributed by atoms with van der Waals surface area (Å²) >= 11 is 0. The van der Waals surface area contributed by atoms with Crippen LogP contribution in [-0.4, -0.2) is 24.2 Å². The van der Waals surface area contributed by atoms with Gasteiger partial charge in [-0.3, -0.25) is 25.2 Å². The molecule has 0 unspecified atom stereocenters. The van der Waals surface area contributed by atoms with Crippen LogP contribution >= 0.6 is 0 Å². The lowest BCUT2D eigenvalue weighted by Crippen LogP contribution is -2.43. The van der Waals surface area contributed by atoms with Crippen molar-refractivity contribution in [2.75, 3.05) is 6.61 Å². The van der Waals surface area contributed by atoms with Gasteiger partial charge >= 0.3 is 0 Å². The Kier molecular flexibility index (Phi) is 6.91. The van der Waals surface area contributed by atoms with Crippen LogP contribution in [-0.2, 0) is 9.59 Å². The zero-order chi connectivity index (χ0) is 18.9. The Morgan fingerprint density at radius 1 is 0.846 bits per heavy atom. The van der Waals surface area contributed by atoms with Gasteiger partial charge in [0.2, 0.25) is 5.91 Å². The SMILES string of the molecule is Cc1ccc(OCC(=O)NNC(=O)CCC(=O)c2ccccc2)cc1C. The Labute approximate surface area is 152 Å². The molecule has 2 aromatic carbocycles. The molecule has 0 heterocycles. The van der Waals surface area contributed by atoms with Crippen LogP contribution in [0.25, 0.3) is 0 Å². The van der Waals surface area contributed by atoms with Gasteiger partial charge in [0.05, 0.1) is 0 Å². The van der Waals surface area contributed by atoms with Gasteiger partial charge in [0.25, 0.3) is 5.91 Å². The van der Waals surface area contributed by atoms with Crippen molar-refractivity contribution in [3.8, 4) is 5.75 Å². The van der Waals surface area contributed by atoms with Gasteiger partial charge in [-0.2, -0.15) is 0 Å². The fourth-order valence-electron chi connectivity index (χ4n) is 2.19. The predicted octanol–water partition coefficient (Wildman–Crippen LogP) is 2.49. The summed E-state index contributed by atoms with van der Waals surface area (Å²) < 4.78 is 5.37. The number of carbonyl (C=O) groups is 3. The monoisotopic (exact) mass is 354 g/mol. The van der Waals surface area contributed by atoms with Gasteiger partial charge in [0.1, 0.15) is 5.75 Å². The van der Waals surface area contributed by atoms with Gasteiger partial charge in [0, 0.05) is 18.4 Å². The van der Waals surface area contributed by atoms with Gasteiger partial charge in [-0.15, -0.1) is 0 Å². The van der Waals surface area contributed by atoms with Crippen molar-refractivity contribution in [3.63, 3.8) is 0 Å². The molecule has 2 N–H and O–H groups in total. The quantitative estimate of drug-likeness (QED) is 0.591. The van der Waals surface area contributed by atoms with Gasteiger partial charge in [-0.05, 0) is 37.1 Å². The van der Waals surface area contributed by atoms with Crippen molar-refractivity contribution in [2.24, 2.45) is 0 Å². The zero-order valence-electron chi connectivity index (χ0n) is 14.9. The molecule has 0 aliphatic carbocycles. The second-order valence-electron chi connectivity index (χ2n) is 5.92. The van der Waals surface area contributed by atoms with Gasteiger partial charge in [-0.1, -0.05) is 36.4 Å². The standard InChI is InChI=1S/C20H22N2O4/c1-14-8-9-17(12-15(14)2)26-13-20(25)22-21-19(24)11-10-18(23)16-6-4-3-5-7-16/h3-9,12H,10-11,13H2,1-2H3,(H,21,24)(H,22,25). The van der Waals surface area contributed by atoms with E-state index in [9.17, 15) is 14.4 Å². The molecule has 0 atom stereocenters. The van der Waals surface area contributed by atoms with Crippen LogP contribution in [0, 0.1) is 13.8 Å². The summed E-state index contributed by atoms with van der Waals surface area (Å²) in [4.78, 5) is 35.3. The number of amides is 2. The summed E-state index contributed by atoms with van der Waals surface area (Å²) in [6, 6.07) is 14.3. The molecule has 2 rings (SSSR count). The molecule has 26 heavy (non-hydrogen) atoms. The summed E-state index contributed by atoms with van der Waals surface area (Å²) in [5.74, 6) is -0.451. The summed E-state index contributed by atoms with van der Waals surface area (Å²) in [7, 11) is 0. The van der Waals surface area contributed by atoms with Crippen molar-refractivity contribution in [3.05, 3.63) is 65.2 Å². The summed E-state index contributed by atoms with van der Waals surface area (Å²) in [5, 5.41) is 0. The molecule has 2 aromatic rings. The number of nitrogens with one attached hydrogen (secondary N) is 2. The summed E-state index contributed by atoms with van der Waals surface area (Å²) in [6.07, 6.45) is 0.0664. The van der Waals surface area contributed by atoms with E-state index in [0.717, 1.165) is 11.1 Å². The highest BCUT2D eigenvalue weighted by atomic mass is 16.5. The van der Waals surface area contributed by atoms with Crippen LogP contribution in [0.1, 0.15) is 34.3 Å². The topological polar surface area (TPSA) is 84.5 Å². The third-order valence-electron chi connectivity index (χ3n) is 3.86. The number of ether oxygens (including phenoxy) is 1. The molecule has 0 bridgehead atoms. The van der Waals surface area contributed by atoms with E-state index in [1.54, 1.807) is 30.3 Å². The molecule has 0 aromatic heterocycles. The molecular weight excluding hydrogens is 332 g/mol. The minimum Gasteiger partial charge on any atom is -0.484 e. The fraction of sp³-hybridized carbons (Fsp3) is 0.250. The second-order valence-corrected chi connectivity index (χ2v) is 5.92. The van der Waals surface area contributed by atoms with Gasteiger partial charge in [0.15, 0.2) is 12.4 Å². The third-order valence-corrected chi connectivity index (χ3v) is 3.86. The highest BCUT2D eigenvalue weighted by Gasteiger charge is 2.10. The van der Waals surface area contributed by atoms with Crippen molar-refractivity contribution >= 4 is 17.6 Å². The Morgan fingerprint density at radius 2 is 1.54 bits per heavy atom. The lowest BCUT2D eigenvalue weighted by molar-refractivity contribution is -0.130. The zero-order valence-corrected chi connectivity index (χ0v) is 14.9. The molecule has 2 amide bonds. The van der Waals surface area contributed by atoms with E-state index in [0.29, 0.717) is 11.3 Å². The van der Waals surface area contributed by atoms with Gasteiger partial charge < -0.3 is 4.74 Å². The Hall–Kier alpha value is -3.15. The van der Waals surface area contributed by atoms with Crippen LogP contribution in [0.3, 0.4) is 0 Å². The first kappa shape index (κ1) is 19.2. The average Bonchev–Trinajstić information content (AvgIpc) is 2.66. The first-order chi connectivity index (χ1) is 12.5. The number of hydrogen-bond acceptors (Lipinski definition) is 4.